The lowest BCUT2D eigenvalue weighted by Gasteiger charge is -2.29. The number of carbonyl (C=O) groups is 1. The van der Waals surface area contributed by atoms with Crippen LogP contribution in [-0.2, 0) is 23.0 Å². The Morgan fingerprint density at radius 2 is 1.81 bits per heavy atom. The van der Waals surface area contributed by atoms with Crippen molar-refractivity contribution < 1.29 is 14.1 Å². The van der Waals surface area contributed by atoms with E-state index in [9.17, 15) is 14.1 Å². The van der Waals surface area contributed by atoms with E-state index < -0.39 is 10.8 Å². The predicted molar refractivity (Wildman–Crippen MR) is 123 cm³/mol. The zero-order valence-electron chi connectivity index (χ0n) is 17.2. The van der Waals surface area contributed by atoms with Crippen LogP contribution in [0.4, 0.5) is 10.5 Å². The van der Waals surface area contributed by atoms with E-state index in [0.717, 1.165) is 28.9 Å². The number of anilines is 1. The van der Waals surface area contributed by atoms with Gasteiger partial charge in [-0.15, -0.1) is 0 Å². The van der Waals surface area contributed by atoms with Crippen LogP contribution in [0.5, 0.6) is 0 Å². The lowest BCUT2D eigenvalue weighted by molar-refractivity contribution is 0.162. The first-order valence-electron chi connectivity index (χ1n) is 10.4. The summed E-state index contributed by atoms with van der Waals surface area (Å²) in [4.78, 5) is 15.6. The first kappa shape index (κ1) is 21.3. The van der Waals surface area contributed by atoms with Crippen LogP contribution in [0.25, 0.3) is 0 Å². The van der Waals surface area contributed by atoms with Crippen LogP contribution >= 0.6 is 0 Å². The van der Waals surface area contributed by atoms with Gasteiger partial charge >= 0.3 is 6.03 Å². The van der Waals surface area contributed by atoms with Gasteiger partial charge in [0.15, 0.2) is 0 Å². The second kappa shape index (κ2) is 9.90. The van der Waals surface area contributed by atoms with E-state index in [-0.39, 0.29) is 25.2 Å². The second-order valence-electron chi connectivity index (χ2n) is 7.60. The molecule has 0 heterocycles. The minimum atomic E-state index is -1.15. The number of nitrogens with one attached hydrogen (secondary N) is 1. The Morgan fingerprint density at radius 1 is 1.03 bits per heavy atom. The van der Waals surface area contributed by atoms with Crippen molar-refractivity contribution in [1.29, 1.82) is 0 Å². The van der Waals surface area contributed by atoms with E-state index in [1.807, 2.05) is 66.7 Å². The number of hydrogen-bond donors (Lipinski definition) is 2. The van der Waals surface area contributed by atoms with E-state index >= 15 is 0 Å². The fourth-order valence-electron chi connectivity index (χ4n) is 4.11. The molecule has 0 radical (unpaired) electrons. The molecule has 3 aromatic rings. The molecule has 2 atom stereocenters. The number of amides is 2. The molecule has 2 N–H and O–H groups in total. The molecular formula is C25H26N2O3S. The molecule has 0 saturated carbocycles. The number of rotatable bonds is 7. The maximum Gasteiger partial charge on any atom is 0.322 e. The standard InChI is InChI=1S/C25H26N2O3S/c28-16-15-27(24-14-13-20-8-4-5-12-23(20)24)25(29)26-21-9-6-7-19(17-21)18-31(30)22-10-2-1-3-11-22/h1-12,17,24,28H,13-16,18H2,(H,26,29)/t24-,31-/m0/s1. The van der Waals surface area contributed by atoms with Gasteiger partial charge in [0.25, 0.3) is 0 Å². The van der Waals surface area contributed by atoms with E-state index in [1.165, 1.54) is 5.56 Å². The number of carbonyl (C=O) groups excluding carboxylic acids is 1. The Morgan fingerprint density at radius 3 is 2.61 bits per heavy atom. The van der Waals surface area contributed by atoms with E-state index in [4.69, 9.17) is 0 Å². The summed E-state index contributed by atoms with van der Waals surface area (Å²) in [6, 6.07) is 24.7. The topological polar surface area (TPSA) is 69.6 Å². The van der Waals surface area contributed by atoms with Crippen LogP contribution in [-0.4, -0.2) is 33.4 Å². The first-order valence-corrected chi connectivity index (χ1v) is 11.8. The van der Waals surface area contributed by atoms with Crippen LogP contribution in [0.2, 0.25) is 0 Å². The average molecular weight is 435 g/mol. The number of benzene rings is 3. The van der Waals surface area contributed by atoms with Crippen LogP contribution in [0.15, 0.2) is 83.8 Å². The molecule has 160 valence electrons. The summed E-state index contributed by atoms with van der Waals surface area (Å²) >= 11 is 0. The van der Waals surface area contributed by atoms with Gasteiger partial charge in [0, 0.05) is 17.1 Å². The zero-order valence-corrected chi connectivity index (χ0v) is 18.1. The summed E-state index contributed by atoms with van der Waals surface area (Å²) in [7, 11) is -1.15. The van der Waals surface area contributed by atoms with Crippen molar-refractivity contribution in [1.82, 2.24) is 4.90 Å². The number of aliphatic hydroxyl groups is 1. The third-order valence-electron chi connectivity index (χ3n) is 5.56. The number of aliphatic hydroxyl groups excluding tert-OH is 1. The van der Waals surface area contributed by atoms with E-state index in [0.29, 0.717) is 11.4 Å². The van der Waals surface area contributed by atoms with E-state index in [2.05, 4.69) is 17.4 Å². The van der Waals surface area contributed by atoms with Crippen molar-refractivity contribution in [2.45, 2.75) is 29.5 Å². The molecule has 0 unspecified atom stereocenters. The van der Waals surface area contributed by atoms with Gasteiger partial charge in [-0.25, -0.2) is 4.79 Å². The molecule has 31 heavy (non-hydrogen) atoms. The number of urea groups is 1. The number of fused-ring (bicyclic) bond motifs is 1. The molecule has 6 heteroatoms. The minimum absolute atomic E-state index is 0.0443. The summed E-state index contributed by atoms with van der Waals surface area (Å²) < 4.78 is 12.6. The Hall–Kier alpha value is -2.96. The highest BCUT2D eigenvalue weighted by molar-refractivity contribution is 7.84. The van der Waals surface area contributed by atoms with Gasteiger partial charge in [-0.05, 0) is 53.8 Å². The maximum absolute atomic E-state index is 13.1. The molecule has 5 nitrogen and oxygen atoms in total. The third kappa shape index (κ3) is 5.03. The molecule has 1 aliphatic rings. The van der Waals surface area contributed by atoms with Gasteiger partial charge < -0.3 is 15.3 Å². The molecule has 0 spiro atoms. The van der Waals surface area contributed by atoms with Gasteiger partial charge in [-0.3, -0.25) is 4.21 Å². The van der Waals surface area contributed by atoms with Gasteiger partial charge in [0.1, 0.15) is 0 Å². The van der Waals surface area contributed by atoms with Crippen molar-refractivity contribution in [2.75, 3.05) is 18.5 Å². The highest BCUT2D eigenvalue weighted by atomic mass is 32.2. The van der Waals surface area contributed by atoms with Crippen molar-refractivity contribution in [3.05, 3.63) is 95.6 Å². The fraction of sp³-hybridized carbons (Fsp3) is 0.240. The Balaban J connectivity index is 1.47. The summed E-state index contributed by atoms with van der Waals surface area (Å²) in [5.74, 6) is 0.379. The molecule has 2 amide bonds. The minimum Gasteiger partial charge on any atom is -0.395 e. The molecule has 0 aromatic heterocycles. The van der Waals surface area contributed by atoms with Crippen LogP contribution in [0.1, 0.15) is 29.2 Å². The molecule has 3 aromatic carbocycles. The molecular weight excluding hydrogens is 408 g/mol. The Labute approximate surface area is 185 Å². The third-order valence-corrected chi connectivity index (χ3v) is 6.95. The second-order valence-corrected chi connectivity index (χ2v) is 9.05. The van der Waals surface area contributed by atoms with Crippen molar-refractivity contribution in [3.63, 3.8) is 0 Å². The Kier molecular flexibility index (Phi) is 6.79. The summed E-state index contributed by atoms with van der Waals surface area (Å²) in [5, 5.41) is 12.5. The Bertz CT molecular complexity index is 1070. The molecule has 0 fully saturated rings. The largest absolute Gasteiger partial charge is 0.395 e. The normalized spacial score (nSPS) is 15.8. The van der Waals surface area contributed by atoms with E-state index in [1.54, 1.807) is 4.90 Å². The van der Waals surface area contributed by atoms with Crippen LogP contribution in [0.3, 0.4) is 0 Å². The van der Waals surface area contributed by atoms with Gasteiger partial charge in [-0.1, -0.05) is 54.6 Å². The first-order chi connectivity index (χ1) is 15.2. The number of aryl methyl sites for hydroxylation is 1. The highest BCUT2D eigenvalue weighted by Gasteiger charge is 2.30. The van der Waals surface area contributed by atoms with Crippen molar-refractivity contribution in [2.24, 2.45) is 0 Å². The van der Waals surface area contributed by atoms with Gasteiger partial charge in [0.2, 0.25) is 0 Å². The molecule has 0 aliphatic heterocycles. The molecule has 0 bridgehead atoms. The zero-order chi connectivity index (χ0) is 21.6. The SMILES string of the molecule is O=C(Nc1cccc(C[S@](=O)c2ccccc2)c1)N(CCO)[C@H]1CCc2ccccc21. The smallest absolute Gasteiger partial charge is 0.322 e. The quantitative estimate of drug-likeness (QED) is 0.575. The molecule has 1 aliphatic carbocycles. The van der Waals surface area contributed by atoms with Crippen molar-refractivity contribution >= 4 is 22.5 Å². The maximum atomic E-state index is 13.1. The number of nitrogens with zero attached hydrogens (tertiary/aromatic N) is 1. The summed E-state index contributed by atoms with van der Waals surface area (Å²) in [6.07, 6.45) is 1.78. The summed E-state index contributed by atoms with van der Waals surface area (Å²) in [5.41, 5.74) is 3.95. The average Bonchev–Trinajstić information content (AvgIpc) is 3.22. The molecule has 4 rings (SSSR count). The van der Waals surface area contributed by atoms with Crippen molar-refractivity contribution in [3.8, 4) is 0 Å². The molecule has 0 saturated heterocycles. The highest BCUT2D eigenvalue weighted by Crippen LogP contribution is 2.35. The fourth-order valence-corrected chi connectivity index (χ4v) is 5.22. The van der Waals surface area contributed by atoms with Crippen LogP contribution in [0, 0.1) is 0 Å². The summed E-state index contributed by atoms with van der Waals surface area (Å²) in [6.45, 7) is 0.171. The monoisotopic (exact) mass is 434 g/mol. The van der Waals surface area contributed by atoms with Gasteiger partial charge in [0.05, 0.1) is 29.2 Å². The van der Waals surface area contributed by atoms with Gasteiger partial charge in [-0.2, -0.15) is 0 Å². The number of hydrogen-bond acceptors (Lipinski definition) is 3. The lowest BCUT2D eigenvalue weighted by Crippen LogP contribution is -2.39. The predicted octanol–water partition coefficient (Wildman–Crippen LogP) is 4.51. The van der Waals surface area contributed by atoms with Crippen LogP contribution < -0.4 is 5.32 Å². The lowest BCUT2D eigenvalue weighted by atomic mass is 10.1.